The summed E-state index contributed by atoms with van der Waals surface area (Å²) in [5.74, 6) is -0.847. The Balaban J connectivity index is 0.000000162. The van der Waals surface area contributed by atoms with Crippen LogP contribution in [0.25, 0.3) is 21.8 Å². The second-order valence-electron chi connectivity index (χ2n) is 13.0. The highest BCUT2D eigenvalue weighted by Crippen LogP contribution is 2.68. The summed E-state index contributed by atoms with van der Waals surface area (Å²) < 4.78 is 0. The summed E-state index contributed by atoms with van der Waals surface area (Å²) in [4.78, 5) is 25.2. The molecule has 0 bridgehead atoms. The van der Waals surface area contributed by atoms with Gasteiger partial charge >= 0.3 is 11.9 Å². The predicted molar refractivity (Wildman–Crippen MR) is 169 cm³/mol. The molecule has 2 heterocycles. The molecule has 4 aromatic rings. The van der Waals surface area contributed by atoms with Crippen molar-refractivity contribution >= 4 is 33.7 Å². The average molecular weight is 575 g/mol. The van der Waals surface area contributed by atoms with Gasteiger partial charge in [0.1, 0.15) is 0 Å². The molecule has 2 aliphatic carbocycles. The maximum absolute atomic E-state index is 9.10. The minimum atomic E-state index is -1.82. The zero-order valence-corrected chi connectivity index (χ0v) is 25.6. The summed E-state index contributed by atoms with van der Waals surface area (Å²) in [7, 11) is 0. The van der Waals surface area contributed by atoms with Crippen molar-refractivity contribution in [1.29, 1.82) is 0 Å². The van der Waals surface area contributed by atoms with E-state index < -0.39 is 11.9 Å². The Morgan fingerprint density at radius 3 is 1.33 bits per heavy atom. The number of hydrogen-bond acceptors (Lipinski definition) is 4. The fourth-order valence-electron chi connectivity index (χ4n) is 7.47. The third kappa shape index (κ3) is 5.83. The minimum absolute atomic E-state index is 0.398. The normalized spacial score (nSPS) is 23.0. The number of H-pyrrole nitrogens is 2. The Morgan fingerprint density at radius 2 is 1.02 bits per heavy atom. The average Bonchev–Trinajstić information content (AvgIpc) is 3.46. The summed E-state index contributed by atoms with van der Waals surface area (Å²) in [5, 5.41) is 17.6. The molecule has 0 saturated heterocycles. The van der Waals surface area contributed by atoms with Crippen molar-refractivity contribution in [2.24, 2.45) is 34.1 Å². The van der Waals surface area contributed by atoms with Crippen LogP contribution in [0.3, 0.4) is 0 Å². The lowest BCUT2D eigenvalue weighted by atomic mass is 10.0. The van der Waals surface area contributed by atoms with Crippen molar-refractivity contribution in [3.8, 4) is 0 Å². The van der Waals surface area contributed by atoms with E-state index in [9.17, 15) is 0 Å². The van der Waals surface area contributed by atoms with Crippen molar-refractivity contribution in [3.05, 3.63) is 71.0 Å². The summed E-state index contributed by atoms with van der Waals surface area (Å²) in [6.45, 7) is 15.5. The van der Waals surface area contributed by atoms with Crippen molar-refractivity contribution < 1.29 is 19.8 Å². The largest absolute Gasteiger partial charge is 0.473 e. The molecule has 226 valence electrons. The fourth-order valence-corrected chi connectivity index (χ4v) is 7.47. The van der Waals surface area contributed by atoms with Gasteiger partial charge in [0.2, 0.25) is 0 Å². The number of carboxylic acids is 2. The molecule has 2 aliphatic rings. The quantitative estimate of drug-likeness (QED) is 0.149. The lowest BCUT2D eigenvalue weighted by Crippen LogP contribution is -2.09. The van der Waals surface area contributed by atoms with Crippen LogP contribution in [0, 0.1) is 36.5 Å². The number of aromatic amines is 2. The molecular weight excluding hydrogens is 528 g/mol. The monoisotopic (exact) mass is 574 g/mol. The van der Waals surface area contributed by atoms with Crippen LogP contribution in [0.5, 0.6) is 0 Å². The molecule has 8 N–H and O–H groups in total. The number of carbonyl (C=O) groups is 2. The first-order valence-corrected chi connectivity index (χ1v) is 14.8. The van der Waals surface area contributed by atoms with E-state index in [1.165, 1.54) is 44.3 Å². The molecule has 2 unspecified atom stereocenters. The van der Waals surface area contributed by atoms with Gasteiger partial charge in [0, 0.05) is 33.2 Å². The topological polar surface area (TPSA) is 158 Å². The highest BCUT2D eigenvalue weighted by atomic mass is 16.4. The van der Waals surface area contributed by atoms with Gasteiger partial charge in [0.25, 0.3) is 0 Å². The molecule has 42 heavy (non-hydrogen) atoms. The van der Waals surface area contributed by atoms with E-state index in [-0.39, 0.29) is 0 Å². The molecule has 4 atom stereocenters. The summed E-state index contributed by atoms with van der Waals surface area (Å²) in [5.41, 5.74) is 20.5. The number of carboxylic acid groups (broad SMARTS) is 2. The number of nitrogens with two attached hydrogens (primary N) is 2. The van der Waals surface area contributed by atoms with Crippen molar-refractivity contribution in [2.45, 2.75) is 66.2 Å². The molecule has 0 spiro atoms. The number of fused-ring (bicyclic) bond motifs is 2. The third-order valence-corrected chi connectivity index (χ3v) is 9.75. The molecule has 2 fully saturated rings. The maximum atomic E-state index is 9.10. The van der Waals surface area contributed by atoms with Gasteiger partial charge in [-0.15, -0.1) is 0 Å². The second-order valence-corrected chi connectivity index (χ2v) is 13.0. The Morgan fingerprint density at radius 1 is 0.690 bits per heavy atom. The molecule has 0 radical (unpaired) electrons. The van der Waals surface area contributed by atoms with Crippen molar-refractivity contribution in [2.75, 3.05) is 13.1 Å². The zero-order chi connectivity index (χ0) is 31.0. The van der Waals surface area contributed by atoms with E-state index >= 15 is 0 Å². The first-order chi connectivity index (χ1) is 19.8. The second kappa shape index (κ2) is 11.9. The number of aliphatic carboxylic acids is 2. The predicted octanol–water partition coefficient (Wildman–Crippen LogP) is 6.29. The third-order valence-electron chi connectivity index (χ3n) is 9.75. The van der Waals surface area contributed by atoms with E-state index in [1.54, 1.807) is 0 Å². The number of aryl methyl sites for hydroxylation is 2. The molecule has 8 nitrogen and oxygen atoms in total. The Hall–Kier alpha value is -3.62. The smallest absolute Gasteiger partial charge is 0.414 e. The number of aromatic nitrogens is 2. The highest BCUT2D eigenvalue weighted by molar-refractivity contribution is 6.27. The lowest BCUT2D eigenvalue weighted by Gasteiger charge is -2.03. The van der Waals surface area contributed by atoms with Crippen LogP contribution < -0.4 is 11.5 Å². The van der Waals surface area contributed by atoms with Crippen LogP contribution in [0.15, 0.2) is 48.5 Å². The lowest BCUT2D eigenvalue weighted by molar-refractivity contribution is -0.159. The number of nitrogens with one attached hydrogen (secondary N) is 2. The molecular formula is C34H46N4O4. The van der Waals surface area contributed by atoms with Gasteiger partial charge in [-0.25, -0.2) is 9.59 Å². The van der Waals surface area contributed by atoms with Gasteiger partial charge in [-0.1, -0.05) is 64.1 Å². The summed E-state index contributed by atoms with van der Waals surface area (Å²) >= 11 is 0. The van der Waals surface area contributed by atoms with Crippen LogP contribution >= 0.6 is 0 Å². The number of hydrogen-bond donors (Lipinski definition) is 6. The van der Waals surface area contributed by atoms with Gasteiger partial charge in [-0.2, -0.15) is 0 Å². The van der Waals surface area contributed by atoms with Crippen LogP contribution in [-0.4, -0.2) is 45.2 Å². The van der Waals surface area contributed by atoms with Crippen LogP contribution in [-0.2, 0) is 9.59 Å². The Bertz CT molecular complexity index is 1460. The van der Waals surface area contributed by atoms with Crippen LogP contribution in [0.4, 0.5) is 0 Å². The first kappa shape index (κ1) is 31.3. The van der Waals surface area contributed by atoms with E-state index in [0.717, 1.165) is 37.8 Å². The number of benzene rings is 2. The Labute approximate surface area is 247 Å². The van der Waals surface area contributed by atoms with E-state index in [2.05, 4.69) is 100 Å². The van der Waals surface area contributed by atoms with E-state index in [0.29, 0.717) is 22.7 Å². The van der Waals surface area contributed by atoms with Gasteiger partial charge in [-0.3, -0.25) is 0 Å². The van der Waals surface area contributed by atoms with E-state index in [1.807, 2.05) is 0 Å². The zero-order valence-electron chi connectivity index (χ0n) is 25.6. The van der Waals surface area contributed by atoms with Crippen molar-refractivity contribution in [1.82, 2.24) is 9.97 Å². The Kier molecular flexibility index (Phi) is 8.90. The molecule has 0 aliphatic heterocycles. The SMILES string of the molecule is Cc1[nH]c2ccccc2c1C1C(CCN)C1(C)C.Cc1[nH]c2ccccc2c1[C@H]1[C@@H](CCN)C1(C)C.O=C(O)C(=O)O. The fraction of sp³-hybridized carbons (Fsp3) is 0.471. The van der Waals surface area contributed by atoms with Crippen molar-refractivity contribution in [3.63, 3.8) is 0 Å². The van der Waals surface area contributed by atoms with Gasteiger partial charge in [0.05, 0.1) is 0 Å². The molecule has 6 rings (SSSR count). The van der Waals surface area contributed by atoms with E-state index in [4.69, 9.17) is 31.3 Å². The van der Waals surface area contributed by atoms with Crippen LogP contribution in [0.1, 0.15) is 74.9 Å². The molecule has 0 amide bonds. The number of rotatable bonds is 6. The van der Waals surface area contributed by atoms with Gasteiger partial charge in [-0.05, 0) is 97.5 Å². The molecule has 2 aromatic heterocycles. The minimum Gasteiger partial charge on any atom is -0.473 e. The summed E-state index contributed by atoms with van der Waals surface area (Å²) in [6, 6.07) is 17.3. The highest BCUT2D eigenvalue weighted by Gasteiger charge is 2.59. The first-order valence-electron chi connectivity index (χ1n) is 14.8. The van der Waals surface area contributed by atoms with Gasteiger partial charge in [0.15, 0.2) is 0 Å². The van der Waals surface area contributed by atoms with Gasteiger partial charge < -0.3 is 31.6 Å². The molecule has 2 aromatic carbocycles. The maximum Gasteiger partial charge on any atom is 0.414 e. The number of para-hydroxylation sites is 2. The molecule has 2 saturated carbocycles. The molecule has 8 heteroatoms. The summed E-state index contributed by atoms with van der Waals surface area (Å²) in [6.07, 6.45) is 2.27. The standard InChI is InChI=1S/2C16H22N2.C2H2O4/c2*1-10-14(11-6-4-5-7-13(11)18-10)15-12(8-9-17)16(15,2)3;3-1(4)2(5)6/h2*4-7,12,15,18H,8-9,17H2,1-3H3;(H,3,4)(H,5,6)/t12-,15-;;/m1../s1. The van der Waals surface area contributed by atoms with Crippen LogP contribution in [0.2, 0.25) is 0 Å².